The van der Waals surface area contributed by atoms with Crippen molar-refractivity contribution in [1.82, 2.24) is 5.32 Å². The van der Waals surface area contributed by atoms with E-state index >= 15 is 0 Å². The summed E-state index contributed by atoms with van der Waals surface area (Å²) in [4.78, 5) is 23.6. The van der Waals surface area contributed by atoms with Crippen LogP contribution >= 0.6 is 0 Å². The predicted octanol–water partition coefficient (Wildman–Crippen LogP) is 1.27. The van der Waals surface area contributed by atoms with Crippen LogP contribution in [0, 0.1) is 6.92 Å². The second-order valence-electron chi connectivity index (χ2n) is 4.93. The standard InChI is InChI=1S/C15H21N3O3/c1-3-14(19)17-11-5-4-6-12(10(11)2)18-15(20)13-9-16-7-8-21-13/h4-6,13,16H,3,7-9H2,1-2H3,(H,17,19)(H,18,20). The zero-order valence-corrected chi connectivity index (χ0v) is 12.4. The first-order valence-electron chi connectivity index (χ1n) is 7.14. The Morgan fingerprint density at radius 2 is 2.05 bits per heavy atom. The van der Waals surface area contributed by atoms with Crippen molar-refractivity contribution in [2.75, 3.05) is 30.3 Å². The molecule has 0 aromatic heterocycles. The van der Waals surface area contributed by atoms with Gasteiger partial charge in [-0.15, -0.1) is 0 Å². The van der Waals surface area contributed by atoms with Gasteiger partial charge in [0.25, 0.3) is 5.91 Å². The van der Waals surface area contributed by atoms with Crippen molar-refractivity contribution >= 4 is 23.2 Å². The number of amides is 2. The lowest BCUT2D eigenvalue weighted by Gasteiger charge is -2.23. The largest absolute Gasteiger partial charge is 0.366 e. The summed E-state index contributed by atoms with van der Waals surface area (Å²) in [6, 6.07) is 5.43. The van der Waals surface area contributed by atoms with Crippen molar-refractivity contribution in [1.29, 1.82) is 0 Å². The zero-order valence-electron chi connectivity index (χ0n) is 12.4. The highest BCUT2D eigenvalue weighted by atomic mass is 16.5. The molecule has 2 amide bonds. The fourth-order valence-electron chi connectivity index (χ4n) is 2.09. The quantitative estimate of drug-likeness (QED) is 0.780. The van der Waals surface area contributed by atoms with Gasteiger partial charge in [-0.05, 0) is 24.6 Å². The highest BCUT2D eigenvalue weighted by molar-refractivity contribution is 5.97. The van der Waals surface area contributed by atoms with E-state index in [0.29, 0.717) is 30.9 Å². The topological polar surface area (TPSA) is 79.5 Å². The van der Waals surface area contributed by atoms with Gasteiger partial charge >= 0.3 is 0 Å². The summed E-state index contributed by atoms with van der Waals surface area (Å²) >= 11 is 0. The van der Waals surface area contributed by atoms with Gasteiger partial charge in [0.1, 0.15) is 6.10 Å². The molecule has 0 bridgehead atoms. The lowest BCUT2D eigenvalue weighted by atomic mass is 10.1. The van der Waals surface area contributed by atoms with E-state index in [4.69, 9.17) is 4.74 Å². The van der Waals surface area contributed by atoms with Gasteiger partial charge in [-0.1, -0.05) is 13.0 Å². The first-order valence-corrected chi connectivity index (χ1v) is 7.14. The molecule has 1 aliphatic heterocycles. The van der Waals surface area contributed by atoms with Crippen molar-refractivity contribution in [3.05, 3.63) is 23.8 Å². The molecule has 1 aromatic carbocycles. The third kappa shape index (κ3) is 4.03. The van der Waals surface area contributed by atoms with E-state index in [0.717, 1.165) is 12.1 Å². The molecule has 6 heteroatoms. The maximum Gasteiger partial charge on any atom is 0.254 e. The first-order chi connectivity index (χ1) is 10.1. The zero-order chi connectivity index (χ0) is 15.2. The molecule has 1 atom stereocenters. The molecule has 1 fully saturated rings. The fourth-order valence-corrected chi connectivity index (χ4v) is 2.09. The van der Waals surface area contributed by atoms with Crippen molar-refractivity contribution < 1.29 is 14.3 Å². The van der Waals surface area contributed by atoms with Crippen LogP contribution < -0.4 is 16.0 Å². The molecule has 3 N–H and O–H groups in total. The Morgan fingerprint density at radius 3 is 2.67 bits per heavy atom. The van der Waals surface area contributed by atoms with Crippen LogP contribution in [0.2, 0.25) is 0 Å². The summed E-state index contributed by atoms with van der Waals surface area (Å²) in [5.74, 6) is -0.231. The van der Waals surface area contributed by atoms with E-state index in [1.807, 2.05) is 19.1 Å². The number of carbonyl (C=O) groups excluding carboxylic acids is 2. The van der Waals surface area contributed by atoms with E-state index in [1.165, 1.54) is 0 Å². The lowest BCUT2D eigenvalue weighted by molar-refractivity contribution is -0.128. The van der Waals surface area contributed by atoms with Gasteiger partial charge in [0.2, 0.25) is 5.91 Å². The van der Waals surface area contributed by atoms with E-state index in [1.54, 1.807) is 13.0 Å². The summed E-state index contributed by atoms with van der Waals surface area (Å²) in [7, 11) is 0. The minimum absolute atomic E-state index is 0.0543. The fraction of sp³-hybridized carbons (Fsp3) is 0.467. The smallest absolute Gasteiger partial charge is 0.254 e. The Bertz CT molecular complexity index is 525. The highest BCUT2D eigenvalue weighted by Gasteiger charge is 2.22. The van der Waals surface area contributed by atoms with Crippen LogP contribution in [0.4, 0.5) is 11.4 Å². The summed E-state index contributed by atoms with van der Waals surface area (Å²) in [5.41, 5.74) is 2.22. The van der Waals surface area contributed by atoms with Gasteiger partial charge in [0.15, 0.2) is 0 Å². The van der Waals surface area contributed by atoms with Crippen molar-refractivity contribution in [3.8, 4) is 0 Å². The average molecular weight is 291 g/mol. The molecule has 0 radical (unpaired) electrons. The molecule has 0 aliphatic carbocycles. The third-order valence-corrected chi connectivity index (χ3v) is 3.41. The molecular formula is C15H21N3O3. The summed E-state index contributed by atoms with van der Waals surface area (Å²) in [5, 5.41) is 8.79. The maximum absolute atomic E-state index is 12.1. The molecule has 1 unspecified atom stereocenters. The lowest BCUT2D eigenvalue weighted by Crippen LogP contribution is -2.45. The molecule has 21 heavy (non-hydrogen) atoms. The van der Waals surface area contributed by atoms with Crippen LogP contribution in [0.5, 0.6) is 0 Å². The van der Waals surface area contributed by atoms with E-state index in [9.17, 15) is 9.59 Å². The Kier molecular flexibility index (Phi) is 5.30. The molecule has 0 saturated carbocycles. The number of hydrogen-bond acceptors (Lipinski definition) is 4. The molecule has 114 valence electrons. The maximum atomic E-state index is 12.1. The van der Waals surface area contributed by atoms with Crippen LogP contribution in [0.3, 0.4) is 0 Å². The van der Waals surface area contributed by atoms with Crippen LogP contribution in [-0.4, -0.2) is 37.6 Å². The molecular weight excluding hydrogens is 270 g/mol. The van der Waals surface area contributed by atoms with Gasteiger partial charge in [-0.3, -0.25) is 9.59 Å². The number of carbonyl (C=O) groups is 2. The second-order valence-corrected chi connectivity index (χ2v) is 4.93. The molecule has 1 heterocycles. The van der Waals surface area contributed by atoms with Crippen molar-refractivity contribution in [3.63, 3.8) is 0 Å². The molecule has 1 saturated heterocycles. The van der Waals surface area contributed by atoms with Gasteiger partial charge in [0.05, 0.1) is 6.61 Å². The Morgan fingerprint density at radius 1 is 1.33 bits per heavy atom. The Labute approximate surface area is 124 Å². The molecule has 1 aliphatic rings. The van der Waals surface area contributed by atoms with Gasteiger partial charge in [-0.2, -0.15) is 0 Å². The van der Waals surface area contributed by atoms with Crippen molar-refractivity contribution in [2.45, 2.75) is 26.4 Å². The molecule has 0 spiro atoms. The normalized spacial score (nSPS) is 18.1. The van der Waals surface area contributed by atoms with E-state index in [-0.39, 0.29) is 11.8 Å². The van der Waals surface area contributed by atoms with Gasteiger partial charge < -0.3 is 20.7 Å². The minimum atomic E-state index is -0.480. The Hall–Kier alpha value is -1.92. The number of hydrogen-bond donors (Lipinski definition) is 3. The molecule has 1 aromatic rings. The average Bonchev–Trinajstić information content (AvgIpc) is 2.52. The molecule has 2 rings (SSSR count). The summed E-state index contributed by atoms with van der Waals surface area (Å²) in [6.07, 6.45) is -0.0653. The first kappa shape index (κ1) is 15.5. The van der Waals surface area contributed by atoms with Gasteiger partial charge in [-0.25, -0.2) is 0 Å². The van der Waals surface area contributed by atoms with E-state index < -0.39 is 6.10 Å². The Balaban J connectivity index is 2.07. The minimum Gasteiger partial charge on any atom is -0.366 e. The number of benzene rings is 1. The highest BCUT2D eigenvalue weighted by Crippen LogP contribution is 2.23. The number of ether oxygens (including phenoxy) is 1. The summed E-state index contributed by atoms with van der Waals surface area (Å²) < 4.78 is 5.42. The third-order valence-electron chi connectivity index (χ3n) is 3.41. The SMILES string of the molecule is CCC(=O)Nc1cccc(NC(=O)C2CNCCO2)c1C. The summed E-state index contributed by atoms with van der Waals surface area (Å²) in [6.45, 7) is 5.47. The van der Waals surface area contributed by atoms with Gasteiger partial charge in [0, 0.05) is 30.9 Å². The number of rotatable bonds is 4. The number of nitrogens with one attached hydrogen (secondary N) is 3. The van der Waals surface area contributed by atoms with E-state index in [2.05, 4.69) is 16.0 Å². The van der Waals surface area contributed by atoms with Crippen LogP contribution in [0.1, 0.15) is 18.9 Å². The van der Waals surface area contributed by atoms with Crippen molar-refractivity contribution in [2.24, 2.45) is 0 Å². The monoisotopic (exact) mass is 291 g/mol. The number of anilines is 2. The predicted molar refractivity (Wildman–Crippen MR) is 81.3 cm³/mol. The van der Waals surface area contributed by atoms with Crippen LogP contribution in [0.15, 0.2) is 18.2 Å². The van der Waals surface area contributed by atoms with Crippen LogP contribution in [-0.2, 0) is 14.3 Å². The van der Waals surface area contributed by atoms with Crippen LogP contribution in [0.25, 0.3) is 0 Å². The number of morpholine rings is 1. The molecule has 6 nitrogen and oxygen atoms in total. The second kappa shape index (κ2) is 7.19.